The second kappa shape index (κ2) is 7.53. The van der Waals surface area contributed by atoms with Gasteiger partial charge in [0, 0.05) is 13.3 Å². The number of nitrogens with zero attached hydrogens (tertiary/aromatic N) is 1. The summed E-state index contributed by atoms with van der Waals surface area (Å²) < 4.78 is 29.0. The molecule has 1 N–H and O–H groups in total. The summed E-state index contributed by atoms with van der Waals surface area (Å²) in [5.41, 5.74) is 1.03. The van der Waals surface area contributed by atoms with Crippen LogP contribution in [0.25, 0.3) is 0 Å². The molecule has 1 aliphatic rings. The molecule has 0 unspecified atom stereocenters. The van der Waals surface area contributed by atoms with Gasteiger partial charge in [-0.05, 0) is 44.5 Å². The number of piperidine rings is 1. The Morgan fingerprint density at radius 2 is 1.92 bits per heavy atom. The van der Waals surface area contributed by atoms with Crippen molar-refractivity contribution < 1.29 is 17.9 Å². The molecular weight excluding hydrogens is 328 g/mol. The number of ether oxygens (including phenoxy) is 1. The van der Waals surface area contributed by atoms with E-state index in [9.17, 15) is 13.2 Å². The van der Waals surface area contributed by atoms with E-state index < -0.39 is 14.6 Å². The van der Waals surface area contributed by atoms with Crippen LogP contribution in [-0.2, 0) is 14.6 Å². The topological polar surface area (TPSA) is 75.7 Å². The first-order valence-electron chi connectivity index (χ1n) is 8.12. The number of hydrogen-bond acceptors (Lipinski definition) is 5. The highest BCUT2D eigenvalue weighted by atomic mass is 32.2. The van der Waals surface area contributed by atoms with Crippen LogP contribution in [0.3, 0.4) is 0 Å². The Morgan fingerprint density at radius 1 is 1.29 bits per heavy atom. The Kier molecular flexibility index (Phi) is 5.87. The van der Waals surface area contributed by atoms with E-state index in [1.807, 2.05) is 31.2 Å². The van der Waals surface area contributed by atoms with E-state index in [1.54, 1.807) is 7.05 Å². The van der Waals surface area contributed by atoms with Gasteiger partial charge in [0.2, 0.25) is 5.91 Å². The third kappa shape index (κ3) is 3.89. The Morgan fingerprint density at radius 3 is 2.50 bits per heavy atom. The second-order valence-electron chi connectivity index (χ2n) is 6.36. The van der Waals surface area contributed by atoms with Crippen molar-refractivity contribution in [3.63, 3.8) is 0 Å². The van der Waals surface area contributed by atoms with Crippen molar-refractivity contribution in [1.29, 1.82) is 0 Å². The number of para-hydroxylation sites is 1. The molecule has 1 amide bonds. The number of benzene rings is 1. The third-order valence-electron chi connectivity index (χ3n) is 4.64. The molecule has 0 radical (unpaired) electrons. The number of likely N-dealkylation sites (N-methyl/N-ethyl adjacent to an activating group) is 1. The molecule has 6 nitrogen and oxygen atoms in total. The highest BCUT2D eigenvalue weighted by Crippen LogP contribution is 2.29. The van der Waals surface area contributed by atoms with Crippen LogP contribution in [0.2, 0.25) is 0 Å². The standard InChI is InChI=1S/C17H26N2O4S/c1-14-6-4-5-7-15(14)23-13-12-19(2)16(20)17(24(3,21)22)8-10-18-11-9-17/h4-7,18H,8-13H2,1-3H3. The Labute approximate surface area is 144 Å². The maximum Gasteiger partial charge on any atom is 0.243 e. The Hall–Kier alpha value is -1.60. The summed E-state index contributed by atoms with van der Waals surface area (Å²) in [5, 5.41) is 3.12. The minimum absolute atomic E-state index is 0.313. The zero-order valence-corrected chi connectivity index (χ0v) is 15.4. The summed E-state index contributed by atoms with van der Waals surface area (Å²) in [6, 6.07) is 7.66. The normalized spacial score (nSPS) is 17.3. The molecule has 2 rings (SSSR count). The fourth-order valence-corrected chi connectivity index (χ4v) is 4.45. The maximum absolute atomic E-state index is 12.8. The van der Waals surface area contributed by atoms with Crippen molar-refractivity contribution in [3.8, 4) is 5.75 Å². The summed E-state index contributed by atoms with van der Waals surface area (Å²) in [4.78, 5) is 14.3. The molecule has 1 saturated heterocycles. The molecule has 0 aliphatic carbocycles. The van der Waals surface area contributed by atoms with Crippen LogP contribution in [-0.4, -0.2) is 63.5 Å². The summed E-state index contributed by atoms with van der Waals surface area (Å²) in [6.07, 6.45) is 1.79. The fourth-order valence-electron chi connectivity index (χ4n) is 3.03. The minimum atomic E-state index is -3.49. The number of carbonyl (C=O) groups is 1. The molecule has 0 saturated carbocycles. The predicted molar refractivity (Wildman–Crippen MR) is 94.0 cm³/mol. The highest BCUT2D eigenvalue weighted by Gasteiger charge is 2.49. The van der Waals surface area contributed by atoms with Gasteiger partial charge in [-0.25, -0.2) is 8.42 Å². The number of sulfone groups is 1. The first-order chi connectivity index (χ1) is 11.3. The van der Waals surface area contributed by atoms with Crippen LogP contribution in [0.1, 0.15) is 18.4 Å². The number of aryl methyl sites for hydroxylation is 1. The maximum atomic E-state index is 12.8. The lowest BCUT2D eigenvalue weighted by atomic mass is 9.95. The lowest BCUT2D eigenvalue weighted by Crippen LogP contribution is -2.57. The summed E-state index contributed by atoms with van der Waals surface area (Å²) >= 11 is 0. The van der Waals surface area contributed by atoms with Crippen LogP contribution in [0.4, 0.5) is 0 Å². The first-order valence-corrected chi connectivity index (χ1v) is 10.0. The van der Waals surface area contributed by atoms with Crippen LogP contribution in [0.15, 0.2) is 24.3 Å². The molecule has 0 atom stereocenters. The number of hydrogen-bond donors (Lipinski definition) is 1. The van der Waals surface area contributed by atoms with Crippen molar-refractivity contribution in [2.75, 3.05) is 39.5 Å². The largest absolute Gasteiger partial charge is 0.491 e. The van der Waals surface area contributed by atoms with Crippen molar-refractivity contribution >= 4 is 15.7 Å². The van der Waals surface area contributed by atoms with E-state index in [0.29, 0.717) is 39.1 Å². The van der Waals surface area contributed by atoms with E-state index in [0.717, 1.165) is 17.6 Å². The van der Waals surface area contributed by atoms with Crippen LogP contribution < -0.4 is 10.1 Å². The van der Waals surface area contributed by atoms with E-state index in [-0.39, 0.29) is 5.91 Å². The van der Waals surface area contributed by atoms with E-state index in [4.69, 9.17) is 4.74 Å². The van der Waals surface area contributed by atoms with Gasteiger partial charge in [-0.2, -0.15) is 0 Å². The lowest BCUT2D eigenvalue weighted by molar-refractivity contribution is -0.133. The molecule has 0 aromatic heterocycles. The molecule has 24 heavy (non-hydrogen) atoms. The van der Waals surface area contributed by atoms with Gasteiger partial charge in [0.15, 0.2) is 14.6 Å². The molecule has 1 fully saturated rings. The fraction of sp³-hybridized carbons (Fsp3) is 0.588. The Bertz CT molecular complexity index is 682. The summed E-state index contributed by atoms with van der Waals surface area (Å²) in [6.45, 7) is 3.69. The molecule has 1 aromatic carbocycles. The number of rotatable bonds is 6. The van der Waals surface area contributed by atoms with Gasteiger partial charge < -0.3 is 15.0 Å². The lowest BCUT2D eigenvalue weighted by Gasteiger charge is -2.37. The van der Waals surface area contributed by atoms with Gasteiger partial charge in [-0.15, -0.1) is 0 Å². The van der Waals surface area contributed by atoms with Crippen molar-refractivity contribution in [2.24, 2.45) is 0 Å². The van der Waals surface area contributed by atoms with Gasteiger partial charge >= 0.3 is 0 Å². The average Bonchev–Trinajstić information content (AvgIpc) is 2.55. The highest BCUT2D eigenvalue weighted by molar-refractivity contribution is 7.92. The molecule has 1 aromatic rings. The van der Waals surface area contributed by atoms with Gasteiger partial charge in [0.05, 0.1) is 6.54 Å². The van der Waals surface area contributed by atoms with E-state index >= 15 is 0 Å². The molecule has 1 aliphatic heterocycles. The van der Waals surface area contributed by atoms with Crippen molar-refractivity contribution in [3.05, 3.63) is 29.8 Å². The third-order valence-corrected chi connectivity index (χ3v) is 6.64. The molecule has 0 spiro atoms. The number of carbonyl (C=O) groups excluding carboxylic acids is 1. The predicted octanol–water partition coefficient (Wildman–Crippen LogP) is 0.999. The number of nitrogens with one attached hydrogen (secondary N) is 1. The van der Waals surface area contributed by atoms with E-state index in [2.05, 4.69) is 5.32 Å². The van der Waals surface area contributed by atoms with Gasteiger partial charge in [0.1, 0.15) is 12.4 Å². The van der Waals surface area contributed by atoms with Crippen LogP contribution in [0.5, 0.6) is 5.75 Å². The summed E-state index contributed by atoms with van der Waals surface area (Å²) in [5.74, 6) is 0.443. The quantitative estimate of drug-likeness (QED) is 0.825. The molecule has 7 heteroatoms. The smallest absolute Gasteiger partial charge is 0.243 e. The average molecular weight is 354 g/mol. The first kappa shape index (κ1) is 18.7. The molecule has 134 valence electrons. The van der Waals surface area contributed by atoms with Gasteiger partial charge in [-0.1, -0.05) is 18.2 Å². The van der Waals surface area contributed by atoms with Gasteiger partial charge in [0.25, 0.3) is 0 Å². The van der Waals surface area contributed by atoms with Crippen molar-refractivity contribution in [1.82, 2.24) is 10.2 Å². The molecule has 0 bridgehead atoms. The van der Waals surface area contributed by atoms with E-state index in [1.165, 1.54) is 4.90 Å². The second-order valence-corrected chi connectivity index (χ2v) is 8.68. The molecular formula is C17H26N2O4S. The van der Waals surface area contributed by atoms with Crippen LogP contribution >= 0.6 is 0 Å². The van der Waals surface area contributed by atoms with Crippen molar-refractivity contribution in [2.45, 2.75) is 24.5 Å². The minimum Gasteiger partial charge on any atom is -0.491 e. The number of amides is 1. The van der Waals surface area contributed by atoms with Crippen LogP contribution in [0, 0.1) is 6.92 Å². The zero-order valence-electron chi connectivity index (χ0n) is 14.5. The summed E-state index contributed by atoms with van der Waals surface area (Å²) in [7, 11) is -1.85. The van der Waals surface area contributed by atoms with Gasteiger partial charge in [-0.3, -0.25) is 4.79 Å². The Balaban J connectivity index is 2.01. The molecule has 1 heterocycles. The monoisotopic (exact) mass is 354 g/mol. The zero-order chi connectivity index (χ0) is 17.8. The SMILES string of the molecule is Cc1ccccc1OCCN(C)C(=O)C1(S(C)(=O)=O)CCNCC1.